The maximum atomic E-state index is 13.5. The maximum absolute atomic E-state index is 13.5. The lowest BCUT2D eigenvalue weighted by molar-refractivity contribution is -0.332. The van der Waals surface area contributed by atoms with Crippen molar-refractivity contribution < 1.29 is 42.8 Å². The minimum atomic E-state index is -6.84. The van der Waals surface area contributed by atoms with Crippen LogP contribution in [0.1, 0.15) is 16.4 Å². The summed E-state index contributed by atoms with van der Waals surface area (Å²) in [6.45, 7) is 0. The lowest BCUT2D eigenvalue weighted by Gasteiger charge is -2.27. The van der Waals surface area contributed by atoms with Crippen molar-refractivity contribution in [2.45, 2.75) is 22.6 Å². The Kier molecular flexibility index (Phi) is 6.36. The van der Waals surface area contributed by atoms with E-state index in [9.17, 15) is 39.2 Å². The van der Waals surface area contributed by atoms with Crippen molar-refractivity contribution in [2.24, 2.45) is 0 Å². The van der Waals surface area contributed by atoms with Crippen molar-refractivity contribution in [1.29, 1.82) is 0 Å². The zero-order valence-corrected chi connectivity index (χ0v) is 15.2. The average Bonchev–Trinajstić information content (AvgIpc) is 2.62. The van der Waals surface area contributed by atoms with Gasteiger partial charge in [0, 0.05) is 12.0 Å². The van der Waals surface area contributed by atoms with Gasteiger partial charge in [-0.1, -0.05) is 60.7 Å². The van der Waals surface area contributed by atoms with Crippen LogP contribution >= 0.6 is 12.0 Å². The van der Waals surface area contributed by atoms with Gasteiger partial charge >= 0.3 is 27.5 Å². The number of benzene rings is 2. The van der Waals surface area contributed by atoms with Crippen molar-refractivity contribution in [3.8, 4) is 0 Å². The van der Waals surface area contributed by atoms with E-state index in [2.05, 4.69) is 3.63 Å². The molecule has 0 N–H and O–H groups in total. The van der Waals surface area contributed by atoms with Gasteiger partial charge in [-0.05, 0) is 11.1 Å². The highest BCUT2D eigenvalue weighted by molar-refractivity contribution is 8.05. The Hall–Kier alpha value is -1.79. The fourth-order valence-corrected chi connectivity index (χ4v) is 4.05. The Balaban J connectivity index is 2.34. The van der Waals surface area contributed by atoms with Crippen molar-refractivity contribution in [3.05, 3.63) is 71.8 Å². The van der Waals surface area contributed by atoms with Gasteiger partial charge in [0.1, 0.15) is 0 Å². The third-order valence-electron chi connectivity index (χ3n) is 3.47. The van der Waals surface area contributed by atoms with E-state index in [1.54, 1.807) is 12.1 Å². The molecule has 0 amide bonds. The smallest absolute Gasteiger partial charge is 0.192 e. The minimum Gasteiger partial charge on any atom is -0.192 e. The highest BCUT2D eigenvalue weighted by atomic mass is 32.3. The van der Waals surface area contributed by atoms with Gasteiger partial charge in [-0.25, -0.2) is 0 Å². The summed E-state index contributed by atoms with van der Waals surface area (Å²) >= 11 is -0.180. The van der Waals surface area contributed by atoms with Crippen LogP contribution < -0.4 is 0 Å². The molecule has 3 nitrogen and oxygen atoms in total. The summed E-state index contributed by atoms with van der Waals surface area (Å²) in [5.41, 5.74) is 0.694. The van der Waals surface area contributed by atoms with E-state index in [0.717, 1.165) is 0 Å². The van der Waals surface area contributed by atoms with Crippen LogP contribution in [0.4, 0.5) is 30.7 Å². The molecule has 2 aromatic carbocycles. The first kappa shape index (κ1) is 22.5. The Labute approximate surface area is 159 Å². The molecule has 0 fully saturated rings. The van der Waals surface area contributed by atoms with Crippen LogP contribution in [-0.4, -0.2) is 25.8 Å². The number of halogens is 7. The van der Waals surface area contributed by atoms with Gasteiger partial charge in [0.15, 0.2) is 0 Å². The van der Waals surface area contributed by atoms with Crippen molar-refractivity contribution in [1.82, 2.24) is 0 Å². The summed E-state index contributed by atoms with van der Waals surface area (Å²) in [6.07, 6.45) is -6.80. The molecule has 0 spiro atoms. The molecular weight excluding hydrogens is 437 g/mol. The first-order valence-electron chi connectivity index (χ1n) is 7.33. The Morgan fingerprint density at radius 2 is 1.14 bits per heavy atom. The molecule has 0 aliphatic heterocycles. The standard InChI is InChI=1S/C16H11F7O3S2/c17-14(18,15(19,20)21)16(22,23)28(24,25)26-27-13(11-7-3-1-4-8-11)12-9-5-2-6-10-12/h1-10,13H. The van der Waals surface area contributed by atoms with E-state index in [0.29, 0.717) is 11.1 Å². The van der Waals surface area contributed by atoms with Crippen molar-refractivity contribution in [3.63, 3.8) is 0 Å². The number of hydrogen-bond acceptors (Lipinski definition) is 4. The van der Waals surface area contributed by atoms with Crippen LogP contribution in [0.2, 0.25) is 0 Å². The fraction of sp³-hybridized carbons (Fsp3) is 0.250. The number of rotatable bonds is 7. The van der Waals surface area contributed by atoms with Crippen LogP contribution in [0.15, 0.2) is 60.7 Å². The summed E-state index contributed by atoms with van der Waals surface area (Å²) in [6, 6.07) is 15.2. The van der Waals surface area contributed by atoms with Crippen LogP contribution in [0.25, 0.3) is 0 Å². The number of hydrogen-bond donors (Lipinski definition) is 0. The molecule has 154 valence electrons. The first-order valence-corrected chi connectivity index (χ1v) is 9.54. The lowest BCUT2D eigenvalue weighted by atomic mass is 10.0. The van der Waals surface area contributed by atoms with Gasteiger partial charge in [-0.2, -0.15) is 42.8 Å². The molecular formula is C16H11F7O3S2. The van der Waals surface area contributed by atoms with Gasteiger partial charge < -0.3 is 0 Å². The summed E-state index contributed by atoms with van der Waals surface area (Å²) in [7, 11) is -6.65. The molecule has 0 saturated heterocycles. The summed E-state index contributed by atoms with van der Waals surface area (Å²) in [4.78, 5) is 0. The van der Waals surface area contributed by atoms with Gasteiger partial charge in [-0.3, -0.25) is 0 Å². The van der Waals surface area contributed by atoms with Gasteiger partial charge in [0.2, 0.25) is 0 Å². The van der Waals surface area contributed by atoms with Crippen LogP contribution in [0, 0.1) is 0 Å². The molecule has 0 bridgehead atoms. The van der Waals surface area contributed by atoms with Crippen molar-refractivity contribution >= 4 is 22.2 Å². The van der Waals surface area contributed by atoms with Gasteiger partial charge in [0.05, 0.1) is 5.25 Å². The second-order valence-corrected chi connectivity index (χ2v) is 8.04. The number of alkyl halides is 7. The highest BCUT2D eigenvalue weighted by Gasteiger charge is 2.79. The third-order valence-corrected chi connectivity index (χ3v) is 6.12. The molecule has 0 aromatic heterocycles. The van der Waals surface area contributed by atoms with E-state index in [4.69, 9.17) is 0 Å². The molecule has 0 aliphatic rings. The molecule has 2 rings (SSSR count). The average molecular weight is 448 g/mol. The predicted molar refractivity (Wildman–Crippen MR) is 88.3 cm³/mol. The molecule has 0 aliphatic carbocycles. The van der Waals surface area contributed by atoms with Crippen molar-refractivity contribution in [2.75, 3.05) is 0 Å². The molecule has 0 radical (unpaired) electrons. The largest absolute Gasteiger partial charge is 0.461 e. The van der Waals surface area contributed by atoms with E-state index in [-0.39, 0.29) is 12.0 Å². The monoisotopic (exact) mass is 448 g/mol. The normalized spacial score (nSPS) is 13.7. The topological polar surface area (TPSA) is 43.4 Å². The Morgan fingerprint density at radius 3 is 1.50 bits per heavy atom. The maximum Gasteiger partial charge on any atom is 0.461 e. The summed E-state index contributed by atoms with van der Waals surface area (Å²) < 4.78 is 117. The van der Waals surface area contributed by atoms with Crippen LogP contribution in [0.3, 0.4) is 0 Å². The van der Waals surface area contributed by atoms with Gasteiger partial charge in [-0.15, -0.1) is 0 Å². The third kappa shape index (κ3) is 4.28. The lowest BCUT2D eigenvalue weighted by Crippen LogP contribution is -2.56. The van der Waals surface area contributed by atoms with E-state index in [1.165, 1.54) is 48.5 Å². The molecule has 0 heterocycles. The summed E-state index contributed by atoms with van der Waals surface area (Å²) in [5.74, 6) is -6.84. The molecule has 12 heteroatoms. The molecule has 0 saturated carbocycles. The van der Waals surface area contributed by atoms with Gasteiger partial charge in [0.25, 0.3) is 0 Å². The SMILES string of the molecule is O=S(=O)(OSC(c1ccccc1)c1ccccc1)C(F)(F)C(F)(F)C(F)(F)F. The fourth-order valence-electron chi connectivity index (χ4n) is 2.01. The predicted octanol–water partition coefficient (Wildman–Crippen LogP) is 5.56. The van der Waals surface area contributed by atoms with E-state index in [1.807, 2.05) is 0 Å². The minimum absolute atomic E-state index is 0.180. The molecule has 0 atom stereocenters. The van der Waals surface area contributed by atoms with E-state index < -0.39 is 32.7 Å². The van der Waals surface area contributed by atoms with E-state index >= 15 is 0 Å². The molecule has 2 aromatic rings. The molecule has 28 heavy (non-hydrogen) atoms. The van der Waals surface area contributed by atoms with Crippen LogP contribution in [-0.2, 0) is 13.7 Å². The zero-order valence-electron chi connectivity index (χ0n) is 13.5. The highest BCUT2D eigenvalue weighted by Crippen LogP contribution is 2.51. The second-order valence-electron chi connectivity index (χ2n) is 5.41. The quantitative estimate of drug-likeness (QED) is 0.411. The van der Waals surface area contributed by atoms with Crippen LogP contribution in [0.5, 0.6) is 0 Å². The first-order chi connectivity index (χ1) is 12.8. The Bertz CT molecular complexity index is 846. The summed E-state index contributed by atoms with van der Waals surface area (Å²) in [5, 5.41) is -7.61. The molecule has 0 unspecified atom stereocenters. The zero-order chi connectivity index (χ0) is 21.2. The Morgan fingerprint density at radius 1 is 0.750 bits per heavy atom. The second kappa shape index (κ2) is 7.91.